The van der Waals surface area contributed by atoms with E-state index in [1.54, 1.807) is 61.6 Å². The summed E-state index contributed by atoms with van der Waals surface area (Å²) in [6.45, 7) is 4.21. The second kappa shape index (κ2) is 11.5. The number of hydrogen-bond acceptors (Lipinski definition) is 8. The molecule has 4 rings (SSSR count). The van der Waals surface area contributed by atoms with E-state index in [0.29, 0.717) is 54.6 Å². The van der Waals surface area contributed by atoms with Crippen LogP contribution in [0.5, 0.6) is 17.2 Å². The van der Waals surface area contributed by atoms with Gasteiger partial charge >= 0.3 is 0 Å². The first-order valence-electron chi connectivity index (χ1n) is 11.9. The van der Waals surface area contributed by atoms with Crippen LogP contribution < -0.4 is 14.2 Å². The molecule has 2 aliphatic rings. The topological polar surface area (TPSA) is 97.8 Å². The van der Waals surface area contributed by atoms with Crippen LogP contribution in [0, 0.1) is 0 Å². The highest BCUT2D eigenvalue weighted by Gasteiger charge is 2.46. The molecule has 2 aromatic carbocycles. The number of aliphatic hydroxyl groups excluding tert-OH is 1. The van der Waals surface area contributed by atoms with Gasteiger partial charge in [0.25, 0.3) is 11.7 Å². The number of nitrogens with zero attached hydrogens (tertiary/aromatic N) is 2. The number of ether oxygens (including phenoxy) is 4. The van der Waals surface area contributed by atoms with Crippen molar-refractivity contribution < 1.29 is 33.6 Å². The third-order valence-electron chi connectivity index (χ3n) is 6.60. The average molecular weight is 497 g/mol. The van der Waals surface area contributed by atoms with Crippen molar-refractivity contribution in [2.24, 2.45) is 0 Å². The Morgan fingerprint density at radius 1 is 0.944 bits per heavy atom. The van der Waals surface area contributed by atoms with Gasteiger partial charge in [-0.05, 0) is 48.4 Å². The smallest absolute Gasteiger partial charge is 0.295 e. The summed E-state index contributed by atoms with van der Waals surface area (Å²) < 4.78 is 21.4. The second-order valence-electron chi connectivity index (χ2n) is 8.64. The Morgan fingerprint density at radius 3 is 2.28 bits per heavy atom. The Kier molecular flexibility index (Phi) is 8.12. The molecule has 0 spiro atoms. The van der Waals surface area contributed by atoms with E-state index in [1.807, 2.05) is 0 Å². The third kappa shape index (κ3) is 5.17. The van der Waals surface area contributed by atoms with Gasteiger partial charge in [-0.1, -0.05) is 6.07 Å². The highest BCUT2D eigenvalue weighted by molar-refractivity contribution is 6.46. The SMILES string of the molecule is COc1ccc(C(O)=C2C(=O)C(=O)N(CCCN3CCOCC3)[C@H]2c2ccc(OC)c(OC)c2)cc1. The number of ketones is 1. The van der Waals surface area contributed by atoms with Crippen LogP contribution in [0.4, 0.5) is 0 Å². The number of carbonyl (C=O) groups excluding carboxylic acids is 2. The molecule has 2 saturated heterocycles. The fourth-order valence-corrected chi connectivity index (χ4v) is 4.67. The number of Topliss-reactive ketones (excluding diaryl/α,β-unsaturated/α-hetero) is 1. The zero-order chi connectivity index (χ0) is 25.7. The summed E-state index contributed by atoms with van der Waals surface area (Å²) >= 11 is 0. The number of aliphatic hydroxyl groups is 1. The molecule has 0 unspecified atom stereocenters. The Labute approximate surface area is 210 Å². The van der Waals surface area contributed by atoms with E-state index in [2.05, 4.69) is 4.90 Å². The van der Waals surface area contributed by atoms with Crippen LogP contribution in [-0.4, -0.2) is 87.3 Å². The van der Waals surface area contributed by atoms with E-state index in [9.17, 15) is 14.7 Å². The van der Waals surface area contributed by atoms with Gasteiger partial charge in [0.05, 0.1) is 46.2 Å². The molecule has 192 valence electrons. The molecule has 1 atom stereocenters. The van der Waals surface area contributed by atoms with Crippen molar-refractivity contribution in [3.63, 3.8) is 0 Å². The molecule has 0 saturated carbocycles. The van der Waals surface area contributed by atoms with Gasteiger partial charge in [-0.25, -0.2) is 0 Å². The van der Waals surface area contributed by atoms with E-state index >= 15 is 0 Å². The minimum atomic E-state index is -0.767. The van der Waals surface area contributed by atoms with Gasteiger partial charge in [0.2, 0.25) is 0 Å². The monoisotopic (exact) mass is 496 g/mol. The molecular formula is C27H32N2O7. The summed E-state index contributed by atoms with van der Waals surface area (Å²) in [6.07, 6.45) is 0.680. The maximum absolute atomic E-state index is 13.3. The van der Waals surface area contributed by atoms with Crippen LogP contribution in [0.3, 0.4) is 0 Å². The van der Waals surface area contributed by atoms with Crippen LogP contribution in [0.2, 0.25) is 0 Å². The van der Waals surface area contributed by atoms with E-state index in [0.717, 1.165) is 19.6 Å². The number of likely N-dealkylation sites (tertiary alicyclic amines) is 1. The average Bonchev–Trinajstić information content (AvgIpc) is 3.18. The summed E-state index contributed by atoms with van der Waals surface area (Å²) in [5.74, 6) is 0.0401. The largest absolute Gasteiger partial charge is 0.507 e. The van der Waals surface area contributed by atoms with Crippen molar-refractivity contribution in [3.05, 3.63) is 59.2 Å². The molecule has 0 bridgehead atoms. The van der Waals surface area contributed by atoms with Crippen LogP contribution in [0.25, 0.3) is 5.76 Å². The predicted molar refractivity (Wildman–Crippen MR) is 133 cm³/mol. The normalized spacial score (nSPS) is 20.0. The fraction of sp³-hybridized carbons (Fsp3) is 0.407. The lowest BCUT2D eigenvalue weighted by Crippen LogP contribution is -2.38. The Morgan fingerprint density at radius 2 is 1.64 bits per heavy atom. The van der Waals surface area contributed by atoms with Gasteiger partial charge in [-0.15, -0.1) is 0 Å². The maximum Gasteiger partial charge on any atom is 0.295 e. The Bertz CT molecular complexity index is 1120. The van der Waals surface area contributed by atoms with Crippen LogP contribution >= 0.6 is 0 Å². The number of amides is 1. The first-order chi connectivity index (χ1) is 17.5. The highest BCUT2D eigenvalue weighted by atomic mass is 16.5. The summed E-state index contributed by atoms with van der Waals surface area (Å²) in [6, 6.07) is 11.2. The van der Waals surface area contributed by atoms with Gasteiger partial charge in [-0.2, -0.15) is 0 Å². The number of morpholine rings is 1. The molecule has 36 heavy (non-hydrogen) atoms. The second-order valence-corrected chi connectivity index (χ2v) is 8.64. The number of hydrogen-bond donors (Lipinski definition) is 1. The summed E-state index contributed by atoms with van der Waals surface area (Å²) in [5.41, 5.74) is 1.12. The maximum atomic E-state index is 13.3. The molecule has 2 heterocycles. The van der Waals surface area contributed by atoms with Gasteiger partial charge < -0.3 is 29.0 Å². The molecule has 1 amide bonds. The quantitative estimate of drug-likeness (QED) is 0.322. The number of methoxy groups -OCH3 is 3. The minimum absolute atomic E-state index is 0.0451. The standard InChI is InChI=1S/C27H32N2O7/c1-33-20-8-5-18(6-9-20)25(30)23-24(19-7-10-21(34-2)22(17-19)35-3)29(27(32)26(23)31)12-4-11-28-13-15-36-16-14-28/h5-10,17,24,30H,4,11-16H2,1-3H3/t24-/m0/s1. The van der Waals surface area contributed by atoms with Crippen molar-refractivity contribution in [2.75, 3.05) is 60.7 Å². The molecular weight excluding hydrogens is 464 g/mol. The van der Waals surface area contributed by atoms with Crippen LogP contribution in [0.15, 0.2) is 48.0 Å². The highest BCUT2D eigenvalue weighted by Crippen LogP contribution is 2.42. The lowest BCUT2D eigenvalue weighted by Gasteiger charge is -2.29. The first-order valence-corrected chi connectivity index (χ1v) is 11.9. The van der Waals surface area contributed by atoms with E-state index in [4.69, 9.17) is 18.9 Å². The van der Waals surface area contributed by atoms with Crippen molar-refractivity contribution in [1.29, 1.82) is 0 Å². The van der Waals surface area contributed by atoms with Gasteiger partial charge in [0.15, 0.2) is 11.5 Å². The Hall–Kier alpha value is -3.56. The van der Waals surface area contributed by atoms with Crippen molar-refractivity contribution in [2.45, 2.75) is 12.5 Å². The van der Waals surface area contributed by atoms with E-state index < -0.39 is 17.7 Å². The summed E-state index contributed by atoms with van der Waals surface area (Å²) in [7, 11) is 4.62. The van der Waals surface area contributed by atoms with Crippen molar-refractivity contribution in [1.82, 2.24) is 9.80 Å². The van der Waals surface area contributed by atoms with Gasteiger partial charge in [0, 0.05) is 31.7 Å². The number of carbonyl (C=O) groups is 2. The number of rotatable bonds is 9. The molecule has 0 aromatic heterocycles. The minimum Gasteiger partial charge on any atom is -0.507 e. The molecule has 2 aliphatic heterocycles. The summed E-state index contributed by atoms with van der Waals surface area (Å²) in [5, 5.41) is 11.2. The predicted octanol–water partition coefficient (Wildman–Crippen LogP) is 2.86. The summed E-state index contributed by atoms with van der Waals surface area (Å²) in [4.78, 5) is 30.3. The van der Waals surface area contributed by atoms with E-state index in [-0.39, 0.29) is 11.3 Å². The van der Waals surface area contributed by atoms with E-state index in [1.165, 1.54) is 7.11 Å². The lowest BCUT2D eigenvalue weighted by molar-refractivity contribution is -0.140. The fourth-order valence-electron chi connectivity index (χ4n) is 4.67. The van der Waals surface area contributed by atoms with Gasteiger partial charge in [-0.3, -0.25) is 14.5 Å². The molecule has 9 nitrogen and oxygen atoms in total. The number of benzene rings is 2. The molecule has 9 heteroatoms. The van der Waals surface area contributed by atoms with Gasteiger partial charge in [0.1, 0.15) is 11.5 Å². The third-order valence-corrected chi connectivity index (χ3v) is 6.60. The molecule has 0 aliphatic carbocycles. The zero-order valence-corrected chi connectivity index (χ0v) is 20.9. The lowest BCUT2D eigenvalue weighted by atomic mass is 9.95. The molecule has 2 aromatic rings. The zero-order valence-electron chi connectivity index (χ0n) is 20.9. The molecule has 2 fully saturated rings. The van der Waals surface area contributed by atoms with Crippen molar-refractivity contribution in [3.8, 4) is 17.2 Å². The Balaban J connectivity index is 1.71. The van der Waals surface area contributed by atoms with Crippen LogP contribution in [0.1, 0.15) is 23.6 Å². The molecule has 0 radical (unpaired) electrons. The molecule has 1 N–H and O–H groups in total. The van der Waals surface area contributed by atoms with Crippen molar-refractivity contribution >= 4 is 17.4 Å². The van der Waals surface area contributed by atoms with Crippen LogP contribution in [-0.2, 0) is 14.3 Å². The first kappa shape index (κ1) is 25.5.